The Hall–Kier alpha value is -1.69. The van der Waals surface area contributed by atoms with Crippen molar-refractivity contribution in [2.24, 2.45) is 17.7 Å². The number of nitrogens with two attached hydrogens (primary N) is 1. The molecule has 1 amide bonds. The SMILES string of the molecule is CC(C)c1ncc(NN)c(C(=O)NCC(C)C2CC2)n1. The monoisotopic (exact) mass is 277 g/mol. The Bertz CT molecular complexity index is 484. The van der Waals surface area contributed by atoms with Crippen molar-refractivity contribution in [3.05, 3.63) is 17.7 Å². The first kappa shape index (κ1) is 14.7. The fourth-order valence-corrected chi connectivity index (χ4v) is 2.12. The number of hydrogen-bond donors (Lipinski definition) is 3. The molecule has 20 heavy (non-hydrogen) atoms. The molecule has 0 aliphatic heterocycles. The Morgan fingerprint density at radius 2 is 2.15 bits per heavy atom. The predicted molar refractivity (Wildman–Crippen MR) is 78.2 cm³/mol. The van der Waals surface area contributed by atoms with Crippen LogP contribution in [0.15, 0.2) is 6.20 Å². The molecular formula is C14H23N5O. The van der Waals surface area contributed by atoms with Gasteiger partial charge in [0.15, 0.2) is 5.69 Å². The number of aromatic nitrogens is 2. The first-order valence-corrected chi connectivity index (χ1v) is 7.14. The van der Waals surface area contributed by atoms with Crippen molar-refractivity contribution in [2.45, 2.75) is 39.5 Å². The zero-order valence-corrected chi connectivity index (χ0v) is 12.3. The highest BCUT2D eigenvalue weighted by Crippen LogP contribution is 2.36. The number of carbonyl (C=O) groups excluding carboxylic acids is 1. The van der Waals surface area contributed by atoms with Crippen LogP contribution in [0.2, 0.25) is 0 Å². The van der Waals surface area contributed by atoms with Gasteiger partial charge in [0.1, 0.15) is 5.82 Å². The summed E-state index contributed by atoms with van der Waals surface area (Å²) in [5.41, 5.74) is 3.24. The van der Waals surface area contributed by atoms with Gasteiger partial charge in [-0.2, -0.15) is 0 Å². The van der Waals surface area contributed by atoms with Gasteiger partial charge in [-0.05, 0) is 24.7 Å². The van der Waals surface area contributed by atoms with Crippen molar-refractivity contribution in [3.63, 3.8) is 0 Å². The van der Waals surface area contributed by atoms with Crippen LogP contribution in [0, 0.1) is 11.8 Å². The number of carbonyl (C=O) groups is 1. The molecule has 1 aromatic heterocycles. The molecule has 0 aromatic carbocycles. The summed E-state index contributed by atoms with van der Waals surface area (Å²) < 4.78 is 0. The summed E-state index contributed by atoms with van der Waals surface area (Å²) in [6.07, 6.45) is 4.11. The van der Waals surface area contributed by atoms with Crippen molar-refractivity contribution in [1.82, 2.24) is 15.3 Å². The topological polar surface area (TPSA) is 92.9 Å². The molecule has 1 fully saturated rings. The molecule has 110 valence electrons. The maximum Gasteiger partial charge on any atom is 0.272 e. The predicted octanol–water partition coefficient (Wildman–Crippen LogP) is 1.66. The van der Waals surface area contributed by atoms with E-state index in [1.165, 1.54) is 12.8 Å². The lowest BCUT2D eigenvalue weighted by atomic mass is 10.1. The van der Waals surface area contributed by atoms with Crippen molar-refractivity contribution < 1.29 is 4.79 Å². The van der Waals surface area contributed by atoms with E-state index in [0.717, 1.165) is 5.92 Å². The van der Waals surface area contributed by atoms with Crippen LogP contribution in [0.5, 0.6) is 0 Å². The summed E-state index contributed by atoms with van der Waals surface area (Å²) in [4.78, 5) is 20.8. The van der Waals surface area contributed by atoms with E-state index in [2.05, 4.69) is 27.6 Å². The smallest absolute Gasteiger partial charge is 0.272 e. The number of nitrogens with one attached hydrogen (secondary N) is 2. The van der Waals surface area contributed by atoms with Gasteiger partial charge in [0.05, 0.1) is 11.9 Å². The zero-order valence-electron chi connectivity index (χ0n) is 12.3. The Morgan fingerprint density at radius 1 is 1.45 bits per heavy atom. The van der Waals surface area contributed by atoms with Crippen molar-refractivity contribution >= 4 is 11.6 Å². The highest BCUT2D eigenvalue weighted by Gasteiger charge is 2.28. The summed E-state index contributed by atoms with van der Waals surface area (Å²) in [6.45, 7) is 6.82. The van der Waals surface area contributed by atoms with E-state index in [-0.39, 0.29) is 11.8 Å². The fraction of sp³-hybridized carbons (Fsp3) is 0.643. The summed E-state index contributed by atoms with van der Waals surface area (Å²) in [5, 5.41) is 2.94. The lowest BCUT2D eigenvalue weighted by molar-refractivity contribution is 0.0942. The minimum absolute atomic E-state index is 0.166. The lowest BCUT2D eigenvalue weighted by Crippen LogP contribution is -2.31. The highest BCUT2D eigenvalue weighted by atomic mass is 16.1. The molecule has 1 atom stereocenters. The van der Waals surface area contributed by atoms with Crippen molar-refractivity contribution in [2.75, 3.05) is 12.0 Å². The van der Waals surface area contributed by atoms with Gasteiger partial charge < -0.3 is 10.7 Å². The van der Waals surface area contributed by atoms with Crippen molar-refractivity contribution in [3.8, 4) is 0 Å². The number of anilines is 1. The number of hydrazine groups is 1. The highest BCUT2D eigenvalue weighted by molar-refractivity contribution is 5.97. The Balaban J connectivity index is 2.08. The average molecular weight is 277 g/mol. The van der Waals surface area contributed by atoms with Gasteiger partial charge in [-0.3, -0.25) is 10.6 Å². The lowest BCUT2D eigenvalue weighted by Gasteiger charge is -2.14. The van der Waals surface area contributed by atoms with Crippen LogP contribution in [0.1, 0.15) is 55.8 Å². The summed E-state index contributed by atoms with van der Waals surface area (Å²) in [5.74, 6) is 7.30. The third-order valence-electron chi connectivity index (χ3n) is 3.71. The van der Waals surface area contributed by atoms with Gasteiger partial charge in [-0.25, -0.2) is 9.97 Å². The molecule has 1 unspecified atom stereocenters. The normalized spacial score (nSPS) is 16.1. The molecule has 6 nitrogen and oxygen atoms in total. The molecule has 1 aliphatic carbocycles. The first-order valence-electron chi connectivity index (χ1n) is 7.14. The summed E-state index contributed by atoms with van der Waals surface area (Å²) in [6, 6.07) is 0. The second-order valence-corrected chi connectivity index (χ2v) is 5.81. The third-order valence-corrected chi connectivity index (χ3v) is 3.71. The van der Waals surface area contributed by atoms with Crippen LogP contribution < -0.4 is 16.6 Å². The van der Waals surface area contributed by atoms with E-state index in [0.29, 0.717) is 29.7 Å². The minimum atomic E-state index is -0.199. The fourth-order valence-electron chi connectivity index (χ4n) is 2.12. The Kier molecular flexibility index (Phi) is 4.54. The van der Waals surface area contributed by atoms with E-state index in [9.17, 15) is 4.79 Å². The van der Waals surface area contributed by atoms with E-state index in [1.54, 1.807) is 6.20 Å². The van der Waals surface area contributed by atoms with Crippen LogP contribution in [-0.2, 0) is 0 Å². The largest absolute Gasteiger partial charge is 0.350 e. The number of rotatable bonds is 6. The molecule has 0 saturated heterocycles. The molecule has 4 N–H and O–H groups in total. The molecule has 0 radical (unpaired) electrons. The summed E-state index contributed by atoms with van der Waals surface area (Å²) in [7, 11) is 0. The molecule has 1 saturated carbocycles. The molecule has 1 aliphatic rings. The molecule has 0 bridgehead atoms. The van der Waals surface area contributed by atoms with Gasteiger partial charge in [-0.15, -0.1) is 0 Å². The number of amides is 1. The quantitative estimate of drug-likeness (QED) is 0.543. The number of nitrogen functional groups attached to an aromatic ring is 1. The van der Waals surface area contributed by atoms with Crippen molar-refractivity contribution in [1.29, 1.82) is 0 Å². The van der Waals surface area contributed by atoms with Crippen LogP contribution in [-0.4, -0.2) is 22.4 Å². The Labute approximate surface area is 119 Å². The summed E-state index contributed by atoms with van der Waals surface area (Å²) >= 11 is 0. The van der Waals surface area contributed by atoms with Gasteiger partial charge in [0.25, 0.3) is 5.91 Å². The molecule has 2 rings (SSSR count). The molecule has 1 heterocycles. The average Bonchev–Trinajstić information content (AvgIpc) is 3.28. The minimum Gasteiger partial charge on any atom is -0.350 e. The van der Waals surface area contributed by atoms with Crippen LogP contribution in [0.3, 0.4) is 0 Å². The molecule has 6 heteroatoms. The van der Waals surface area contributed by atoms with Crippen LogP contribution >= 0.6 is 0 Å². The zero-order chi connectivity index (χ0) is 14.7. The Morgan fingerprint density at radius 3 is 2.70 bits per heavy atom. The van der Waals surface area contributed by atoms with E-state index < -0.39 is 0 Å². The van der Waals surface area contributed by atoms with Gasteiger partial charge >= 0.3 is 0 Å². The van der Waals surface area contributed by atoms with Gasteiger partial charge in [-0.1, -0.05) is 20.8 Å². The second-order valence-electron chi connectivity index (χ2n) is 5.81. The van der Waals surface area contributed by atoms with E-state index >= 15 is 0 Å². The van der Waals surface area contributed by atoms with Gasteiger partial charge in [0, 0.05) is 12.5 Å². The molecule has 0 spiro atoms. The van der Waals surface area contributed by atoms with Gasteiger partial charge in [0.2, 0.25) is 0 Å². The third kappa shape index (κ3) is 3.45. The standard InChI is InChI=1S/C14H23N5O/c1-8(2)13-16-7-11(19-15)12(18-13)14(20)17-6-9(3)10-4-5-10/h7-10,19H,4-6,15H2,1-3H3,(H,17,20). The maximum atomic E-state index is 12.2. The number of nitrogens with zero attached hydrogens (tertiary/aromatic N) is 2. The molecular weight excluding hydrogens is 254 g/mol. The molecule has 1 aromatic rings. The maximum absolute atomic E-state index is 12.2. The van der Waals surface area contributed by atoms with Crippen LogP contribution in [0.25, 0.3) is 0 Å². The van der Waals surface area contributed by atoms with E-state index in [1.807, 2.05) is 13.8 Å². The second kappa shape index (κ2) is 6.17. The van der Waals surface area contributed by atoms with Crippen LogP contribution in [0.4, 0.5) is 5.69 Å². The number of hydrogen-bond acceptors (Lipinski definition) is 5. The first-order chi connectivity index (χ1) is 9.52. The van der Waals surface area contributed by atoms with E-state index in [4.69, 9.17) is 5.84 Å².